The standard InChI is InChI=1S/C25H20NO.C15H28O2.Ir/c1-25(2,3)21-15-17(14-16-8-4-5-9-18(16)21)23-20-12-13-27-24(20)19-10-6-7-11-22(19)26-23;1-7-14(5,8-2)12(16)11-13(17)15(6,9-3)10-4;/h4-13,15H,1-3H3;11,16H,7-10H2,1-6H3;/q-1;;/b;12-11-;/i;11D;. The second-order valence-corrected chi connectivity index (χ2v) is 13.4. The molecule has 0 atom stereocenters. The van der Waals surface area contributed by atoms with Gasteiger partial charge in [0, 0.05) is 53.5 Å². The number of benzene rings is 3. The van der Waals surface area contributed by atoms with Crippen molar-refractivity contribution in [3.05, 3.63) is 90.4 Å². The third-order valence-electron chi connectivity index (χ3n) is 9.61. The van der Waals surface area contributed by atoms with Gasteiger partial charge in [0.2, 0.25) is 0 Å². The van der Waals surface area contributed by atoms with E-state index in [0.29, 0.717) is 12.8 Å². The van der Waals surface area contributed by atoms with E-state index < -0.39 is 10.8 Å². The number of aliphatic hydroxyl groups excluding tert-OH is 1. The van der Waals surface area contributed by atoms with Crippen LogP contribution in [0, 0.1) is 16.9 Å². The van der Waals surface area contributed by atoms with Crippen LogP contribution in [0.3, 0.4) is 0 Å². The fourth-order valence-corrected chi connectivity index (χ4v) is 5.40. The van der Waals surface area contributed by atoms with Gasteiger partial charge in [-0.15, -0.1) is 29.1 Å². The number of aliphatic hydroxyl groups is 1. The van der Waals surface area contributed by atoms with Gasteiger partial charge in [0.05, 0.1) is 13.2 Å². The summed E-state index contributed by atoms with van der Waals surface area (Å²) in [7, 11) is 0. The Kier molecular flexibility index (Phi) is 11.1. The topological polar surface area (TPSA) is 63.3 Å². The zero-order chi connectivity index (χ0) is 33.2. The number of carbonyl (C=O) groups excluding carboxylic acids is 1. The summed E-state index contributed by atoms with van der Waals surface area (Å²) < 4.78 is 13.8. The molecule has 0 bridgehead atoms. The van der Waals surface area contributed by atoms with E-state index in [4.69, 9.17) is 10.8 Å². The number of hydrogen-bond acceptors (Lipinski definition) is 4. The fourth-order valence-electron chi connectivity index (χ4n) is 5.40. The van der Waals surface area contributed by atoms with E-state index in [2.05, 4.69) is 63.2 Å². The van der Waals surface area contributed by atoms with Gasteiger partial charge >= 0.3 is 0 Å². The van der Waals surface area contributed by atoms with Crippen LogP contribution in [0.1, 0.15) is 94.9 Å². The van der Waals surface area contributed by atoms with E-state index in [-0.39, 0.29) is 43.1 Å². The van der Waals surface area contributed by atoms with Crippen LogP contribution in [0.2, 0.25) is 0 Å². The Bertz CT molecular complexity index is 1860. The number of hydrogen-bond donors (Lipinski definition) is 1. The summed E-state index contributed by atoms with van der Waals surface area (Å²) in [5.74, 6) is -0.288. The Balaban J connectivity index is 0.000000269. The van der Waals surface area contributed by atoms with Crippen molar-refractivity contribution in [3.8, 4) is 11.3 Å². The number of ketones is 1. The van der Waals surface area contributed by atoms with Crippen LogP contribution in [-0.4, -0.2) is 15.9 Å². The second kappa shape index (κ2) is 14.4. The molecule has 0 aliphatic carbocycles. The van der Waals surface area contributed by atoms with E-state index in [9.17, 15) is 9.90 Å². The van der Waals surface area contributed by atoms with Crippen molar-refractivity contribution in [2.24, 2.45) is 10.8 Å². The number of fused-ring (bicyclic) bond motifs is 4. The minimum atomic E-state index is -0.534. The number of aromatic nitrogens is 1. The van der Waals surface area contributed by atoms with Crippen LogP contribution in [0.25, 0.3) is 43.9 Å². The summed E-state index contributed by atoms with van der Waals surface area (Å²) in [6.45, 7) is 18.4. The molecule has 241 valence electrons. The van der Waals surface area contributed by atoms with E-state index in [1.807, 2.05) is 65.8 Å². The summed E-state index contributed by atoms with van der Waals surface area (Å²) in [6.07, 6.45) is 4.56. The molecule has 45 heavy (non-hydrogen) atoms. The fraction of sp³-hybridized carbons (Fsp3) is 0.400. The van der Waals surface area contributed by atoms with Gasteiger partial charge in [0.1, 0.15) is 11.3 Å². The predicted octanol–water partition coefficient (Wildman–Crippen LogP) is 11.5. The van der Waals surface area contributed by atoms with E-state index in [1.165, 1.54) is 10.9 Å². The molecule has 0 unspecified atom stereocenters. The number of rotatable bonds is 8. The molecule has 4 nitrogen and oxygen atoms in total. The van der Waals surface area contributed by atoms with Gasteiger partial charge < -0.3 is 9.52 Å². The van der Waals surface area contributed by atoms with Gasteiger partial charge in [-0.2, -0.15) is 0 Å². The first-order chi connectivity index (χ1) is 21.2. The molecular weight excluding hydrogens is 735 g/mol. The first kappa shape index (κ1) is 34.6. The average molecular weight is 784 g/mol. The molecule has 1 N–H and O–H groups in total. The van der Waals surface area contributed by atoms with Crippen LogP contribution < -0.4 is 0 Å². The molecule has 0 fully saturated rings. The van der Waals surface area contributed by atoms with Crippen LogP contribution in [0.4, 0.5) is 0 Å². The number of allylic oxidation sites excluding steroid dienone is 2. The zero-order valence-corrected chi connectivity index (χ0v) is 30.6. The van der Waals surface area contributed by atoms with Gasteiger partial charge in [0.25, 0.3) is 0 Å². The zero-order valence-electron chi connectivity index (χ0n) is 29.2. The van der Waals surface area contributed by atoms with Gasteiger partial charge in [0.15, 0.2) is 5.78 Å². The number of furan rings is 1. The molecule has 0 aliphatic rings. The van der Waals surface area contributed by atoms with E-state index in [0.717, 1.165) is 51.4 Å². The largest absolute Gasteiger partial charge is 0.512 e. The van der Waals surface area contributed by atoms with Gasteiger partial charge in [-0.25, -0.2) is 0 Å². The molecule has 0 aliphatic heterocycles. The molecule has 5 rings (SSSR count). The second-order valence-electron chi connectivity index (χ2n) is 13.4. The average Bonchev–Trinajstić information content (AvgIpc) is 3.56. The van der Waals surface area contributed by atoms with E-state index >= 15 is 0 Å². The molecule has 2 aromatic heterocycles. The van der Waals surface area contributed by atoms with Gasteiger partial charge in [-0.1, -0.05) is 104 Å². The molecule has 0 amide bonds. The molecular formula is C40H48IrNO3-. The van der Waals surface area contributed by atoms with Gasteiger partial charge in [-0.3, -0.25) is 9.78 Å². The SMILES string of the molecule is CC(C)(C)c1cc(-c2nc3ccccc3c3occc23)[c-]c2ccccc12.[2H]/C(C(=O)C(C)(CC)CC)=C(/O)C(C)(CC)CC.[Ir]. The predicted molar refractivity (Wildman–Crippen MR) is 185 cm³/mol. The monoisotopic (exact) mass is 784 g/mol. The quantitative estimate of drug-likeness (QED) is 0.0967. The maximum Gasteiger partial charge on any atom is 0.164 e. The molecule has 1 radical (unpaired) electrons. The van der Waals surface area contributed by atoms with Crippen LogP contribution in [-0.2, 0) is 30.3 Å². The van der Waals surface area contributed by atoms with Gasteiger partial charge in [-0.05, 0) is 49.3 Å². The van der Waals surface area contributed by atoms with Crippen molar-refractivity contribution >= 4 is 38.4 Å². The number of carbonyl (C=O) groups is 1. The molecule has 0 saturated carbocycles. The Morgan fingerprint density at radius 2 is 1.44 bits per heavy atom. The van der Waals surface area contributed by atoms with Crippen molar-refractivity contribution in [1.29, 1.82) is 0 Å². The van der Waals surface area contributed by atoms with Crippen LogP contribution in [0.15, 0.2) is 83.2 Å². The van der Waals surface area contributed by atoms with Crippen LogP contribution >= 0.6 is 0 Å². The Morgan fingerprint density at radius 3 is 2.04 bits per heavy atom. The molecule has 5 aromatic rings. The Morgan fingerprint density at radius 1 is 0.867 bits per heavy atom. The first-order valence-corrected chi connectivity index (χ1v) is 15.9. The minimum Gasteiger partial charge on any atom is -0.512 e. The molecule has 0 spiro atoms. The summed E-state index contributed by atoms with van der Waals surface area (Å²) in [6, 6.07) is 24.2. The molecule has 2 heterocycles. The van der Waals surface area contributed by atoms with Crippen LogP contribution in [0.5, 0.6) is 0 Å². The summed E-state index contributed by atoms with van der Waals surface area (Å²) in [4.78, 5) is 17.3. The summed E-state index contributed by atoms with van der Waals surface area (Å²) in [5.41, 5.74) is 4.09. The third kappa shape index (κ3) is 7.42. The Hall–Kier alpha value is -3.27. The van der Waals surface area contributed by atoms with E-state index in [1.54, 1.807) is 6.26 Å². The molecule has 0 saturated heterocycles. The van der Waals surface area contributed by atoms with Crippen molar-refractivity contribution in [2.45, 2.75) is 93.4 Å². The maximum atomic E-state index is 12.3. The van der Waals surface area contributed by atoms with Crippen molar-refractivity contribution in [1.82, 2.24) is 4.98 Å². The molecule has 5 heteroatoms. The minimum absolute atomic E-state index is 0. The van der Waals surface area contributed by atoms with Crippen molar-refractivity contribution < 1.29 is 35.8 Å². The van der Waals surface area contributed by atoms with Crippen molar-refractivity contribution in [2.75, 3.05) is 0 Å². The molecule has 3 aromatic carbocycles. The first-order valence-electron chi connectivity index (χ1n) is 16.4. The Labute approximate surface area is 284 Å². The number of pyridine rings is 1. The number of para-hydroxylation sites is 1. The normalized spacial score (nSPS) is 13.1. The summed E-state index contributed by atoms with van der Waals surface area (Å²) in [5, 5.41) is 14.7. The number of nitrogens with zero attached hydrogens (tertiary/aromatic N) is 1. The maximum absolute atomic E-state index is 12.3. The summed E-state index contributed by atoms with van der Waals surface area (Å²) >= 11 is 0. The smallest absolute Gasteiger partial charge is 0.164 e. The third-order valence-corrected chi connectivity index (χ3v) is 9.61. The van der Waals surface area contributed by atoms with Crippen molar-refractivity contribution in [3.63, 3.8) is 0 Å².